The van der Waals surface area contributed by atoms with Crippen LogP contribution in [0.2, 0.25) is 0 Å². The van der Waals surface area contributed by atoms with Crippen LogP contribution in [-0.4, -0.2) is 42.8 Å². The molecule has 126 valence electrons. The lowest BCUT2D eigenvalue weighted by Gasteiger charge is -2.38. The van der Waals surface area contributed by atoms with Crippen LogP contribution in [0.3, 0.4) is 0 Å². The molecule has 2 N–H and O–H groups in total. The van der Waals surface area contributed by atoms with Crippen molar-refractivity contribution >= 4 is 11.9 Å². The van der Waals surface area contributed by atoms with Crippen LogP contribution in [-0.2, 0) is 20.9 Å². The third-order valence-electron chi connectivity index (χ3n) is 3.97. The fourth-order valence-corrected chi connectivity index (χ4v) is 2.36. The summed E-state index contributed by atoms with van der Waals surface area (Å²) >= 11 is 0. The van der Waals surface area contributed by atoms with E-state index in [0.29, 0.717) is 26.1 Å². The minimum atomic E-state index is -1.19. The molecule has 0 aromatic heterocycles. The smallest absolute Gasteiger partial charge is 0.329 e. The molecule has 0 radical (unpaired) electrons. The number of hydrogen-bond acceptors (Lipinski definition) is 4. The number of benzene rings is 1. The molecule has 0 bridgehead atoms. The highest BCUT2D eigenvalue weighted by Crippen LogP contribution is 2.32. The molecular formula is C16H20FNO5. The fourth-order valence-electron chi connectivity index (χ4n) is 2.36. The molecule has 1 amide bonds. The van der Waals surface area contributed by atoms with Crippen molar-refractivity contribution in [3.05, 3.63) is 35.1 Å². The highest BCUT2D eigenvalue weighted by atomic mass is 19.1. The number of methoxy groups -OCH3 is 1. The number of rotatable bonds is 8. The van der Waals surface area contributed by atoms with Crippen molar-refractivity contribution in [3.8, 4) is 0 Å². The Bertz CT molecular complexity index is 586. The lowest BCUT2D eigenvalue weighted by Crippen LogP contribution is -2.59. The molecule has 0 spiro atoms. The zero-order valence-corrected chi connectivity index (χ0v) is 12.9. The number of nitrogens with one attached hydrogen (secondary N) is 1. The van der Waals surface area contributed by atoms with E-state index in [1.807, 2.05) is 0 Å². The maximum atomic E-state index is 13.7. The van der Waals surface area contributed by atoms with Crippen LogP contribution >= 0.6 is 0 Å². The van der Waals surface area contributed by atoms with Crippen molar-refractivity contribution < 1.29 is 28.6 Å². The van der Waals surface area contributed by atoms with Crippen LogP contribution in [0.25, 0.3) is 0 Å². The van der Waals surface area contributed by atoms with E-state index in [1.54, 1.807) is 0 Å². The second-order valence-corrected chi connectivity index (χ2v) is 5.55. The first-order valence-electron chi connectivity index (χ1n) is 7.39. The zero-order valence-electron chi connectivity index (χ0n) is 12.9. The largest absolute Gasteiger partial charge is 0.480 e. The molecule has 2 rings (SSSR count). The third-order valence-corrected chi connectivity index (χ3v) is 3.97. The first kappa shape index (κ1) is 17.4. The number of carbonyl (C=O) groups is 2. The average Bonchev–Trinajstić information content (AvgIpc) is 2.48. The van der Waals surface area contributed by atoms with Gasteiger partial charge in [-0.15, -0.1) is 0 Å². The van der Waals surface area contributed by atoms with Crippen LogP contribution < -0.4 is 5.32 Å². The summed E-state index contributed by atoms with van der Waals surface area (Å²) in [5.41, 5.74) is -0.739. The first-order chi connectivity index (χ1) is 11.0. The first-order valence-corrected chi connectivity index (χ1v) is 7.39. The molecule has 1 aromatic rings. The van der Waals surface area contributed by atoms with Gasteiger partial charge in [-0.05, 0) is 37.5 Å². The Kier molecular flexibility index (Phi) is 5.68. The van der Waals surface area contributed by atoms with Crippen molar-refractivity contribution in [2.45, 2.75) is 31.4 Å². The molecule has 0 heterocycles. The maximum absolute atomic E-state index is 13.7. The van der Waals surface area contributed by atoms with Gasteiger partial charge in [-0.3, -0.25) is 4.79 Å². The number of halogens is 1. The Morgan fingerprint density at radius 2 is 2.09 bits per heavy atom. The van der Waals surface area contributed by atoms with Gasteiger partial charge in [0.2, 0.25) is 0 Å². The van der Waals surface area contributed by atoms with Crippen LogP contribution in [0.5, 0.6) is 0 Å². The summed E-state index contributed by atoms with van der Waals surface area (Å²) in [6.45, 7) is 0.720. The topological polar surface area (TPSA) is 84.9 Å². The number of carboxylic acids is 1. The number of aliphatic carboxylic acids is 1. The summed E-state index contributed by atoms with van der Waals surface area (Å²) in [6.07, 6.45) is 1.57. The quantitative estimate of drug-likeness (QED) is 0.711. The molecular weight excluding hydrogens is 305 g/mol. The zero-order chi connectivity index (χ0) is 16.9. The monoisotopic (exact) mass is 325 g/mol. The van der Waals surface area contributed by atoms with Crippen LogP contribution in [0.15, 0.2) is 18.2 Å². The van der Waals surface area contributed by atoms with E-state index in [2.05, 4.69) is 5.32 Å². The van der Waals surface area contributed by atoms with Crippen molar-refractivity contribution in [1.29, 1.82) is 0 Å². The van der Waals surface area contributed by atoms with Gasteiger partial charge in [-0.2, -0.15) is 0 Å². The van der Waals surface area contributed by atoms with Gasteiger partial charge in [0.25, 0.3) is 5.91 Å². The van der Waals surface area contributed by atoms with Crippen molar-refractivity contribution in [2.75, 3.05) is 20.3 Å². The van der Waals surface area contributed by atoms with E-state index in [-0.39, 0.29) is 17.7 Å². The van der Waals surface area contributed by atoms with Gasteiger partial charge in [0.05, 0.1) is 19.8 Å². The molecule has 1 aromatic carbocycles. The molecule has 0 atom stereocenters. The normalized spacial score (nSPS) is 15.7. The Morgan fingerprint density at radius 3 is 2.65 bits per heavy atom. The standard InChI is InChI=1S/C16H20FNO5/c1-22-7-8-23-10-12-9-11(3-4-13(12)17)14(19)18-16(15(20)21)5-2-6-16/h3-4,9H,2,5-8,10H2,1H3,(H,18,19)(H,20,21). The highest BCUT2D eigenvalue weighted by molar-refractivity contribution is 5.98. The van der Waals surface area contributed by atoms with Crippen molar-refractivity contribution in [3.63, 3.8) is 0 Å². The molecule has 0 aliphatic heterocycles. The van der Waals surface area contributed by atoms with Crippen LogP contribution in [0.1, 0.15) is 35.2 Å². The lowest BCUT2D eigenvalue weighted by atomic mass is 9.76. The lowest BCUT2D eigenvalue weighted by molar-refractivity contribution is -0.148. The van der Waals surface area contributed by atoms with Gasteiger partial charge in [0.1, 0.15) is 11.4 Å². The van der Waals surface area contributed by atoms with Crippen LogP contribution in [0, 0.1) is 5.82 Å². The fraction of sp³-hybridized carbons (Fsp3) is 0.500. The molecule has 0 unspecified atom stereocenters. The number of ether oxygens (including phenoxy) is 2. The Morgan fingerprint density at radius 1 is 1.35 bits per heavy atom. The molecule has 1 saturated carbocycles. The summed E-state index contributed by atoms with van der Waals surface area (Å²) in [4.78, 5) is 23.5. The number of hydrogen-bond donors (Lipinski definition) is 2. The van der Waals surface area contributed by atoms with E-state index in [0.717, 1.165) is 6.42 Å². The Hall–Kier alpha value is -1.99. The highest BCUT2D eigenvalue weighted by Gasteiger charge is 2.45. The summed E-state index contributed by atoms with van der Waals surface area (Å²) in [5.74, 6) is -2.04. The third kappa shape index (κ3) is 4.05. The number of carboxylic acid groups (broad SMARTS) is 1. The van der Waals surface area contributed by atoms with Crippen molar-refractivity contribution in [2.24, 2.45) is 0 Å². The molecule has 23 heavy (non-hydrogen) atoms. The second-order valence-electron chi connectivity index (χ2n) is 5.55. The molecule has 0 saturated heterocycles. The maximum Gasteiger partial charge on any atom is 0.329 e. The van der Waals surface area contributed by atoms with Gasteiger partial charge in [0.15, 0.2) is 0 Å². The Labute approximate surface area is 133 Å². The second kappa shape index (κ2) is 7.52. The van der Waals surface area contributed by atoms with Gasteiger partial charge >= 0.3 is 5.97 Å². The number of carbonyl (C=O) groups excluding carboxylic acids is 1. The molecule has 1 fully saturated rings. The average molecular weight is 325 g/mol. The van der Waals surface area contributed by atoms with E-state index in [9.17, 15) is 19.1 Å². The summed E-state index contributed by atoms with van der Waals surface area (Å²) in [7, 11) is 1.54. The van der Waals surface area contributed by atoms with Gasteiger partial charge < -0.3 is 19.9 Å². The minimum Gasteiger partial charge on any atom is -0.480 e. The predicted molar refractivity (Wildman–Crippen MR) is 79.6 cm³/mol. The van der Waals surface area contributed by atoms with E-state index < -0.39 is 23.2 Å². The van der Waals surface area contributed by atoms with Gasteiger partial charge in [-0.1, -0.05) is 0 Å². The van der Waals surface area contributed by atoms with E-state index >= 15 is 0 Å². The summed E-state index contributed by atoms with van der Waals surface area (Å²) in [6, 6.07) is 3.89. The van der Waals surface area contributed by atoms with Gasteiger partial charge in [0, 0.05) is 18.2 Å². The molecule has 1 aliphatic carbocycles. The van der Waals surface area contributed by atoms with E-state index in [1.165, 1.54) is 25.3 Å². The SMILES string of the molecule is COCCOCc1cc(C(=O)NC2(C(=O)O)CCC2)ccc1F. The Balaban J connectivity index is 2.04. The van der Waals surface area contributed by atoms with Crippen molar-refractivity contribution in [1.82, 2.24) is 5.32 Å². The number of amides is 1. The minimum absolute atomic E-state index is 0.0143. The molecule has 1 aliphatic rings. The summed E-state index contributed by atoms with van der Waals surface area (Å²) in [5, 5.41) is 11.8. The van der Waals surface area contributed by atoms with E-state index in [4.69, 9.17) is 9.47 Å². The molecule has 6 nitrogen and oxygen atoms in total. The van der Waals surface area contributed by atoms with Gasteiger partial charge in [-0.25, -0.2) is 9.18 Å². The van der Waals surface area contributed by atoms with Crippen LogP contribution in [0.4, 0.5) is 4.39 Å². The molecule has 7 heteroatoms. The predicted octanol–water partition coefficient (Wildman–Crippen LogP) is 1.73. The summed E-state index contributed by atoms with van der Waals surface area (Å²) < 4.78 is 23.8.